The van der Waals surface area contributed by atoms with Crippen LogP contribution in [0.1, 0.15) is 5.56 Å². The van der Waals surface area contributed by atoms with E-state index in [-0.39, 0.29) is 0 Å². The van der Waals surface area contributed by atoms with Gasteiger partial charge >= 0.3 is 0 Å². The molecule has 0 aliphatic heterocycles. The lowest BCUT2D eigenvalue weighted by molar-refractivity contribution is 1.13. The van der Waals surface area contributed by atoms with Crippen molar-refractivity contribution in [3.63, 3.8) is 0 Å². The highest BCUT2D eigenvalue weighted by molar-refractivity contribution is 7.13. The third-order valence-corrected chi connectivity index (χ3v) is 4.43. The van der Waals surface area contributed by atoms with E-state index in [0.717, 1.165) is 17.1 Å². The maximum atomic E-state index is 4.61. The third-order valence-electron chi connectivity index (χ3n) is 3.39. The molecule has 2 aromatic heterocycles. The van der Waals surface area contributed by atoms with Crippen molar-refractivity contribution in [2.24, 2.45) is 0 Å². The van der Waals surface area contributed by atoms with Crippen LogP contribution in [0.5, 0.6) is 0 Å². The lowest BCUT2D eigenvalue weighted by Crippen LogP contribution is -2.08. The molecule has 1 aromatic carbocycles. The molecule has 0 spiro atoms. The van der Waals surface area contributed by atoms with Gasteiger partial charge in [-0.05, 0) is 54.3 Å². The molecule has 3 aromatic rings. The van der Waals surface area contributed by atoms with Crippen LogP contribution >= 0.6 is 11.3 Å². The quantitative estimate of drug-likeness (QED) is 0.779. The lowest BCUT2D eigenvalue weighted by Gasteiger charge is -2.13. The molecule has 0 saturated heterocycles. The zero-order chi connectivity index (χ0) is 15.5. The van der Waals surface area contributed by atoms with E-state index < -0.39 is 0 Å². The predicted octanol–water partition coefficient (Wildman–Crippen LogP) is 4.32. The van der Waals surface area contributed by atoms with Gasteiger partial charge < -0.3 is 10.2 Å². The monoisotopic (exact) mass is 310 g/mol. The fraction of sp³-hybridized carbons (Fsp3) is 0.176. The number of nitrogens with zero attached hydrogens (tertiary/aromatic N) is 3. The highest BCUT2D eigenvalue weighted by Gasteiger charge is 2.07. The topological polar surface area (TPSA) is 41.1 Å². The van der Waals surface area contributed by atoms with Crippen LogP contribution in [0.2, 0.25) is 0 Å². The summed E-state index contributed by atoms with van der Waals surface area (Å²) in [6.07, 6.45) is 1.79. The van der Waals surface area contributed by atoms with Crippen molar-refractivity contribution in [1.29, 1.82) is 0 Å². The molecule has 0 aliphatic rings. The first-order valence-corrected chi connectivity index (χ1v) is 7.93. The number of rotatable bonds is 4. The first kappa shape index (κ1) is 14.5. The van der Waals surface area contributed by atoms with E-state index in [4.69, 9.17) is 0 Å². The van der Waals surface area contributed by atoms with Gasteiger partial charge in [-0.1, -0.05) is 0 Å². The fourth-order valence-corrected chi connectivity index (χ4v) is 3.05. The Labute approximate surface area is 134 Å². The second-order valence-corrected chi connectivity index (χ2v) is 6.18. The van der Waals surface area contributed by atoms with Crippen molar-refractivity contribution < 1.29 is 0 Å². The standard InChI is InChI=1S/C17H18N4S/c1-12-9-11-22-16(12)15-8-10-18-17(20-15)19-13-4-6-14(7-5-13)21(2)3/h4-11H,1-3H3,(H,18,19,20). The molecule has 0 radical (unpaired) electrons. The van der Waals surface area contributed by atoms with Crippen LogP contribution in [0.4, 0.5) is 17.3 Å². The molecule has 22 heavy (non-hydrogen) atoms. The molecule has 0 bridgehead atoms. The molecular weight excluding hydrogens is 292 g/mol. The minimum atomic E-state index is 0.614. The summed E-state index contributed by atoms with van der Waals surface area (Å²) in [5, 5.41) is 5.34. The van der Waals surface area contributed by atoms with Crippen LogP contribution in [-0.4, -0.2) is 24.1 Å². The highest BCUT2D eigenvalue weighted by atomic mass is 32.1. The SMILES string of the molecule is Cc1ccsc1-c1ccnc(Nc2ccc(N(C)C)cc2)n1. The molecule has 1 N–H and O–H groups in total. The first-order valence-electron chi connectivity index (χ1n) is 7.05. The second-order valence-electron chi connectivity index (χ2n) is 5.26. The van der Waals surface area contributed by atoms with Gasteiger partial charge in [-0.15, -0.1) is 11.3 Å². The molecule has 0 unspecified atom stereocenters. The summed E-state index contributed by atoms with van der Waals surface area (Å²) < 4.78 is 0. The molecule has 0 saturated carbocycles. The van der Waals surface area contributed by atoms with Crippen LogP contribution < -0.4 is 10.2 Å². The third kappa shape index (κ3) is 3.09. The number of benzene rings is 1. The fourth-order valence-electron chi connectivity index (χ4n) is 2.15. The van der Waals surface area contributed by atoms with Crippen molar-refractivity contribution in [1.82, 2.24) is 9.97 Å². The molecule has 2 heterocycles. The predicted molar refractivity (Wildman–Crippen MR) is 94.1 cm³/mol. The van der Waals surface area contributed by atoms with Crippen LogP contribution in [-0.2, 0) is 0 Å². The van der Waals surface area contributed by atoms with E-state index >= 15 is 0 Å². The Balaban J connectivity index is 1.82. The zero-order valence-corrected chi connectivity index (χ0v) is 13.7. The summed E-state index contributed by atoms with van der Waals surface area (Å²) in [6.45, 7) is 2.10. The van der Waals surface area contributed by atoms with Gasteiger partial charge in [-0.3, -0.25) is 0 Å². The van der Waals surface area contributed by atoms with Gasteiger partial charge in [-0.25, -0.2) is 9.97 Å². The Hall–Kier alpha value is -2.40. The zero-order valence-electron chi connectivity index (χ0n) is 12.9. The molecule has 4 nitrogen and oxygen atoms in total. The summed E-state index contributed by atoms with van der Waals surface area (Å²) >= 11 is 1.70. The van der Waals surface area contributed by atoms with Gasteiger partial charge in [0.1, 0.15) is 0 Å². The average molecular weight is 310 g/mol. The maximum Gasteiger partial charge on any atom is 0.227 e. The van der Waals surface area contributed by atoms with Gasteiger partial charge in [0.2, 0.25) is 5.95 Å². The van der Waals surface area contributed by atoms with E-state index in [0.29, 0.717) is 5.95 Å². The molecule has 5 heteroatoms. The van der Waals surface area contributed by atoms with Crippen molar-refractivity contribution in [2.75, 3.05) is 24.3 Å². The van der Waals surface area contributed by atoms with Gasteiger partial charge in [-0.2, -0.15) is 0 Å². The minimum Gasteiger partial charge on any atom is -0.378 e. The van der Waals surface area contributed by atoms with Gasteiger partial charge in [0.05, 0.1) is 10.6 Å². The molecular formula is C17H18N4S. The highest BCUT2D eigenvalue weighted by Crippen LogP contribution is 2.28. The van der Waals surface area contributed by atoms with Crippen molar-refractivity contribution >= 4 is 28.7 Å². The number of thiophene rings is 1. The summed E-state index contributed by atoms with van der Waals surface area (Å²) in [4.78, 5) is 12.2. The summed E-state index contributed by atoms with van der Waals surface area (Å²) in [7, 11) is 4.05. The largest absolute Gasteiger partial charge is 0.378 e. The Morgan fingerprint density at radius 3 is 2.45 bits per heavy atom. The Bertz CT molecular complexity index is 762. The summed E-state index contributed by atoms with van der Waals surface area (Å²) in [5.74, 6) is 0.614. The van der Waals surface area contributed by atoms with E-state index in [1.54, 1.807) is 17.5 Å². The van der Waals surface area contributed by atoms with Crippen LogP contribution in [0.3, 0.4) is 0 Å². The Morgan fingerprint density at radius 2 is 1.82 bits per heavy atom. The van der Waals surface area contributed by atoms with Crippen molar-refractivity contribution in [2.45, 2.75) is 6.92 Å². The van der Waals surface area contributed by atoms with Crippen LogP contribution in [0.15, 0.2) is 48.0 Å². The van der Waals surface area contributed by atoms with Crippen molar-refractivity contribution in [3.8, 4) is 10.6 Å². The molecule has 0 atom stereocenters. The van der Waals surface area contributed by atoms with Gasteiger partial charge in [0.25, 0.3) is 0 Å². The van der Waals surface area contributed by atoms with Gasteiger partial charge in [0.15, 0.2) is 0 Å². The number of nitrogens with one attached hydrogen (secondary N) is 1. The van der Waals surface area contributed by atoms with E-state index in [2.05, 4.69) is 50.7 Å². The van der Waals surface area contributed by atoms with Crippen LogP contribution in [0.25, 0.3) is 10.6 Å². The Kier molecular flexibility index (Phi) is 4.06. The molecule has 0 amide bonds. The van der Waals surface area contributed by atoms with Gasteiger partial charge in [0, 0.05) is 31.7 Å². The molecule has 0 fully saturated rings. The number of hydrogen-bond acceptors (Lipinski definition) is 5. The molecule has 112 valence electrons. The first-order chi connectivity index (χ1) is 10.6. The molecule has 3 rings (SSSR count). The number of aromatic nitrogens is 2. The normalized spacial score (nSPS) is 10.5. The average Bonchev–Trinajstić information content (AvgIpc) is 2.94. The molecule has 0 aliphatic carbocycles. The van der Waals surface area contributed by atoms with E-state index in [1.807, 2.05) is 32.3 Å². The smallest absolute Gasteiger partial charge is 0.227 e. The van der Waals surface area contributed by atoms with E-state index in [1.165, 1.54) is 10.4 Å². The number of hydrogen-bond donors (Lipinski definition) is 1. The van der Waals surface area contributed by atoms with E-state index in [9.17, 15) is 0 Å². The van der Waals surface area contributed by atoms with Crippen molar-refractivity contribution in [3.05, 3.63) is 53.5 Å². The minimum absolute atomic E-state index is 0.614. The number of anilines is 3. The summed E-state index contributed by atoms with van der Waals surface area (Å²) in [6, 6.07) is 12.2. The van der Waals surface area contributed by atoms with Crippen LogP contribution in [0, 0.1) is 6.92 Å². The lowest BCUT2D eigenvalue weighted by atomic mass is 10.2. The second kappa shape index (κ2) is 6.15. The summed E-state index contributed by atoms with van der Waals surface area (Å²) in [5.41, 5.74) is 4.33. The maximum absolute atomic E-state index is 4.61. The number of aryl methyl sites for hydroxylation is 1. The Morgan fingerprint density at radius 1 is 1.05 bits per heavy atom.